The van der Waals surface area contributed by atoms with Crippen molar-refractivity contribution in [3.63, 3.8) is 0 Å². The third kappa shape index (κ3) is 9.62. The summed E-state index contributed by atoms with van der Waals surface area (Å²) in [7, 11) is 0. The predicted molar refractivity (Wildman–Crippen MR) is 184 cm³/mol. The van der Waals surface area contributed by atoms with Gasteiger partial charge in [-0.3, -0.25) is 29.1 Å². The van der Waals surface area contributed by atoms with Crippen LogP contribution in [-0.4, -0.2) is 51.6 Å². The fourth-order valence-electron chi connectivity index (χ4n) is 5.92. The Kier molecular flexibility index (Phi) is 11.9. The molecule has 244 valence electrons. The number of nitrogens with zero attached hydrogens (tertiary/aromatic N) is 2. The Labute approximate surface area is 278 Å². The largest absolute Gasteiger partial charge is 0.352 e. The highest BCUT2D eigenvalue weighted by Gasteiger charge is 2.39. The van der Waals surface area contributed by atoms with Crippen LogP contribution in [-0.2, 0) is 32.3 Å². The summed E-state index contributed by atoms with van der Waals surface area (Å²) in [5.74, 6) is -2.11. The third-order valence-electron chi connectivity index (χ3n) is 8.51. The van der Waals surface area contributed by atoms with Gasteiger partial charge in [0.15, 0.2) is 0 Å². The van der Waals surface area contributed by atoms with E-state index in [-0.39, 0.29) is 36.5 Å². The number of benzene rings is 2. The molecule has 47 heavy (non-hydrogen) atoms. The predicted octanol–water partition coefficient (Wildman–Crippen LogP) is 4.47. The van der Waals surface area contributed by atoms with Gasteiger partial charge in [0, 0.05) is 61.3 Å². The molecule has 2 aromatic heterocycles. The van der Waals surface area contributed by atoms with Crippen LogP contribution >= 0.6 is 11.8 Å². The molecule has 11 heteroatoms. The fourth-order valence-corrected chi connectivity index (χ4v) is 6.39. The van der Waals surface area contributed by atoms with Crippen LogP contribution in [0.2, 0.25) is 0 Å². The number of carbonyl (C=O) groups is 4. The second-order valence-corrected chi connectivity index (χ2v) is 12.8. The van der Waals surface area contributed by atoms with Crippen molar-refractivity contribution in [1.29, 1.82) is 0 Å². The average Bonchev–Trinajstić information content (AvgIpc) is 3.11. The number of amides is 4. The zero-order valence-corrected chi connectivity index (χ0v) is 27.2. The van der Waals surface area contributed by atoms with Crippen LogP contribution < -0.4 is 21.3 Å². The van der Waals surface area contributed by atoms with Crippen molar-refractivity contribution in [2.24, 2.45) is 17.8 Å². The molecule has 1 aliphatic carbocycles. The molecule has 1 saturated carbocycles. The van der Waals surface area contributed by atoms with Crippen molar-refractivity contribution in [3.8, 4) is 0 Å². The molecule has 4 atom stereocenters. The van der Waals surface area contributed by atoms with Crippen LogP contribution in [0, 0.1) is 17.8 Å². The molecular weight excluding hydrogens is 613 g/mol. The molecule has 0 spiro atoms. The molecule has 0 radical (unpaired) electrons. The second kappa shape index (κ2) is 16.7. The zero-order chi connectivity index (χ0) is 33.0. The molecule has 0 aliphatic heterocycles. The molecule has 5 rings (SSSR count). The van der Waals surface area contributed by atoms with Gasteiger partial charge in [0.05, 0.1) is 0 Å². The van der Waals surface area contributed by atoms with Crippen molar-refractivity contribution >= 4 is 51.9 Å². The number of hydrogen-bond donors (Lipinski definition) is 4. The summed E-state index contributed by atoms with van der Waals surface area (Å²) < 4.78 is 0. The van der Waals surface area contributed by atoms with Gasteiger partial charge in [0.2, 0.25) is 23.6 Å². The van der Waals surface area contributed by atoms with Gasteiger partial charge in [0.1, 0.15) is 6.04 Å². The van der Waals surface area contributed by atoms with Crippen LogP contribution in [0.15, 0.2) is 91.5 Å². The van der Waals surface area contributed by atoms with E-state index in [9.17, 15) is 19.2 Å². The minimum atomic E-state index is -0.777. The van der Waals surface area contributed by atoms with Gasteiger partial charge < -0.3 is 21.3 Å². The molecule has 1 aliphatic rings. The van der Waals surface area contributed by atoms with E-state index < -0.39 is 23.8 Å². The number of carbonyl (C=O) groups excluding carboxylic acids is 4. The smallest absolute Gasteiger partial charge is 0.246 e. The SMILES string of the molecule is CSCC[C@H](NC(=O)[C@@H]1C[C@H](C(=O)NCc2ccncc2)C[C@H](C(=O)NCc2ccncc2)C1)C(=O)Nc1ccc2ccccc2c1. The van der Waals surface area contributed by atoms with Gasteiger partial charge in [-0.05, 0) is 96.0 Å². The number of fused-ring (bicyclic) bond motifs is 1. The van der Waals surface area contributed by atoms with E-state index in [1.165, 1.54) is 0 Å². The molecular formula is C36H40N6O4S. The highest BCUT2D eigenvalue weighted by atomic mass is 32.2. The monoisotopic (exact) mass is 652 g/mol. The van der Waals surface area contributed by atoms with Crippen molar-refractivity contribution < 1.29 is 19.2 Å². The molecule has 0 bridgehead atoms. The number of rotatable bonds is 13. The number of anilines is 1. The van der Waals surface area contributed by atoms with Gasteiger partial charge in [0.25, 0.3) is 0 Å². The lowest BCUT2D eigenvalue weighted by atomic mass is 9.73. The summed E-state index contributed by atoms with van der Waals surface area (Å²) >= 11 is 1.59. The summed E-state index contributed by atoms with van der Waals surface area (Å²) in [6.07, 6.45) is 9.92. The first kappa shape index (κ1) is 33.6. The Balaban J connectivity index is 1.28. The maximum absolute atomic E-state index is 13.8. The Hall–Kier alpha value is -4.77. The normalized spacial score (nSPS) is 18.1. The van der Waals surface area contributed by atoms with E-state index >= 15 is 0 Å². The molecule has 4 aromatic rings. The molecule has 0 saturated heterocycles. The number of aromatic nitrogens is 2. The standard InChI is InChI=1S/C36H40N6O4S/c1-47-17-12-32(36(46)41-31-7-6-26-4-2-3-5-27(26)21-31)42-35(45)30-19-28(33(43)39-22-24-8-13-37-14-9-24)18-29(20-30)34(44)40-23-25-10-15-38-16-11-25/h2-11,13-16,21,28-30,32H,12,17-20,22-23H2,1H3,(H,39,43)(H,40,44)(H,41,46)(H,42,45)/t28-,29+,30-,32-/m0/s1. The van der Waals surface area contributed by atoms with Crippen LogP contribution in [0.25, 0.3) is 10.8 Å². The number of hydrogen-bond acceptors (Lipinski definition) is 7. The van der Waals surface area contributed by atoms with Crippen LogP contribution in [0.5, 0.6) is 0 Å². The minimum absolute atomic E-state index is 0.209. The highest BCUT2D eigenvalue weighted by molar-refractivity contribution is 7.98. The van der Waals surface area contributed by atoms with E-state index in [0.717, 1.165) is 21.9 Å². The fraction of sp³-hybridized carbons (Fsp3) is 0.333. The van der Waals surface area contributed by atoms with E-state index in [0.29, 0.717) is 37.4 Å². The maximum atomic E-state index is 13.8. The Bertz CT molecular complexity index is 1610. The first-order valence-corrected chi connectivity index (χ1v) is 17.2. The second-order valence-electron chi connectivity index (χ2n) is 11.8. The van der Waals surface area contributed by atoms with E-state index in [1.54, 1.807) is 36.5 Å². The first-order chi connectivity index (χ1) is 22.9. The van der Waals surface area contributed by atoms with E-state index in [2.05, 4.69) is 31.2 Å². The van der Waals surface area contributed by atoms with Crippen molar-refractivity contribution in [3.05, 3.63) is 103 Å². The summed E-state index contributed by atoms with van der Waals surface area (Å²) in [4.78, 5) is 62.1. The summed E-state index contributed by atoms with van der Waals surface area (Å²) in [5.41, 5.74) is 2.45. The Morgan fingerprint density at radius 1 is 0.723 bits per heavy atom. The van der Waals surface area contributed by atoms with Crippen molar-refractivity contribution in [1.82, 2.24) is 25.9 Å². The number of pyridine rings is 2. The molecule has 2 heterocycles. The van der Waals surface area contributed by atoms with Crippen LogP contribution in [0.1, 0.15) is 36.8 Å². The molecule has 1 fully saturated rings. The molecule has 2 aromatic carbocycles. The summed E-state index contributed by atoms with van der Waals surface area (Å²) in [6, 6.07) is 20.1. The van der Waals surface area contributed by atoms with Crippen LogP contribution in [0.3, 0.4) is 0 Å². The number of thioether (sulfide) groups is 1. The third-order valence-corrected chi connectivity index (χ3v) is 9.16. The lowest BCUT2D eigenvalue weighted by molar-refractivity contribution is -0.136. The minimum Gasteiger partial charge on any atom is -0.352 e. The zero-order valence-electron chi connectivity index (χ0n) is 26.4. The maximum Gasteiger partial charge on any atom is 0.246 e. The Morgan fingerprint density at radius 3 is 1.81 bits per heavy atom. The van der Waals surface area contributed by atoms with Gasteiger partial charge in [-0.25, -0.2) is 0 Å². The summed E-state index contributed by atoms with van der Waals surface area (Å²) in [6.45, 7) is 0.638. The van der Waals surface area contributed by atoms with Crippen molar-refractivity contribution in [2.75, 3.05) is 17.3 Å². The highest BCUT2D eigenvalue weighted by Crippen LogP contribution is 2.34. The van der Waals surface area contributed by atoms with Gasteiger partial charge >= 0.3 is 0 Å². The molecule has 10 nitrogen and oxygen atoms in total. The molecule has 4 N–H and O–H groups in total. The number of nitrogens with one attached hydrogen (secondary N) is 4. The molecule has 0 unspecified atom stereocenters. The Morgan fingerprint density at radius 2 is 1.26 bits per heavy atom. The topological polar surface area (TPSA) is 142 Å². The van der Waals surface area contributed by atoms with Crippen LogP contribution in [0.4, 0.5) is 5.69 Å². The molecule has 4 amide bonds. The van der Waals surface area contributed by atoms with E-state index in [1.807, 2.05) is 73.0 Å². The van der Waals surface area contributed by atoms with E-state index in [4.69, 9.17) is 0 Å². The first-order valence-electron chi connectivity index (χ1n) is 15.8. The lowest BCUT2D eigenvalue weighted by Gasteiger charge is -2.33. The quantitative estimate of drug-likeness (QED) is 0.167. The van der Waals surface area contributed by atoms with Gasteiger partial charge in [-0.1, -0.05) is 30.3 Å². The van der Waals surface area contributed by atoms with Gasteiger partial charge in [-0.2, -0.15) is 11.8 Å². The average molecular weight is 653 g/mol. The lowest BCUT2D eigenvalue weighted by Crippen LogP contribution is -2.49. The summed E-state index contributed by atoms with van der Waals surface area (Å²) in [5, 5.41) is 13.9. The van der Waals surface area contributed by atoms with Crippen molar-refractivity contribution in [2.45, 2.75) is 44.8 Å². The van der Waals surface area contributed by atoms with Gasteiger partial charge in [-0.15, -0.1) is 0 Å².